The first-order valence-electron chi connectivity index (χ1n) is 9.21. The minimum Gasteiger partial charge on any atom is -0.338 e. The van der Waals surface area contributed by atoms with Gasteiger partial charge in [0.05, 0.1) is 23.1 Å². The van der Waals surface area contributed by atoms with Crippen LogP contribution in [-0.4, -0.2) is 28.3 Å². The third kappa shape index (κ3) is 4.37. The Balaban J connectivity index is 1.79. The molecule has 0 unspecified atom stereocenters. The zero-order valence-corrected chi connectivity index (χ0v) is 15.9. The van der Waals surface area contributed by atoms with Crippen LogP contribution in [0.3, 0.4) is 0 Å². The highest BCUT2D eigenvalue weighted by Crippen LogP contribution is 2.19. The molecular formula is C21H23N5O2. The van der Waals surface area contributed by atoms with Crippen LogP contribution in [0, 0.1) is 0 Å². The van der Waals surface area contributed by atoms with Crippen molar-refractivity contribution in [1.82, 2.24) is 15.1 Å². The maximum absolute atomic E-state index is 12.8. The first-order chi connectivity index (χ1) is 13.6. The maximum atomic E-state index is 12.8. The molecule has 2 aromatic carbocycles. The molecule has 0 spiro atoms. The molecule has 0 aliphatic rings. The fourth-order valence-corrected chi connectivity index (χ4v) is 2.90. The largest absolute Gasteiger partial charge is 0.338 e. The number of carbonyl (C=O) groups is 2. The summed E-state index contributed by atoms with van der Waals surface area (Å²) in [5, 5.41) is 12.7. The molecule has 144 valence electrons. The van der Waals surface area contributed by atoms with Crippen LogP contribution in [0.15, 0.2) is 60.8 Å². The van der Waals surface area contributed by atoms with E-state index in [-0.39, 0.29) is 11.9 Å². The number of benzene rings is 2. The van der Waals surface area contributed by atoms with Crippen LogP contribution in [0.25, 0.3) is 5.69 Å². The SMILES string of the molecule is CCNC(=O)Nc1cccc(NC(=O)c2cnn(-c3ccccc3)c2CC)c1. The molecule has 0 bridgehead atoms. The molecular weight excluding hydrogens is 354 g/mol. The molecule has 0 radical (unpaired) electrons. The van der Waals surface area contributed by atoms with E-state index in [0.29, 0.717) is 29.9 Å². The third-order valence-electron chi connectivity index (χ3n) is 4.16. The van der Waals surface area contributed by atoms with Gasteiger partial charge in [0.15, 0.2) is 0 Å². The van der Waals surface area contributed by atoms with Crippen molar-refractivity contribution < 1.29 is 9.59 Å². The van der Waals surface area contributed by atoms with E-state index in [1.54, 1.807) is 35.1 Å². The fourth-order valence-electron chi connectivity index (χ4n) is 2.90. The lowest BCUT2D eigenvalue weighted by atomic mass is 10.1. The Morgan fingerprint density at radius 3 is 2.36 bits per heavy atom. The van der Waals surface area contributed by atoms with Gasteiger partial charge in [0, 0.05) is 17.9 Å². The number of rotatable bonds is 6. The van der Waals surface area contributed by atoms with Crippen molar-refractivity contribution in [2.24, 2.45) is 0 Å². The second kappa shape index (κ2) is 8.85. The van der Waals surface area contributed by atoms with Gasteiger partial charge in [-0.15, -0.1) is 0 Å². The van der Waals surface area contributed by atoms with Crippen LogP contribution >= 0.6 is 0 Å². The minimum atomic E-state index is -0.289. The monoisotopic (exact) mass is 377 g/mol. The summed E-state index contributed by atoms with van der Waals surface area (Å²) in [5.74, 6) is -0.241. The van der Waals surface area contributed by atoms with Crippen LogP contribution < -0.4 is 16.0 Å². The molecule has 3 rings (SSSR count). The second-order valence-corrected chi connectivity index (χ2v) is 6.13. The molecule has 0 aliphatic carbocycles. The summed E-state index contributed by atoms with van der Waals surface area (Å²) in [5.41, 5.74) is 3.45. The summed E-state index contributed by atoms with van der Waals surface area (Å²) in [7, 11) is 0. The Bertz CT molecular complexity index is 966. The second-order valence-electron chi connectivity index (χ2n) is 6.13. The van der Waals surface area contributed by atoms with E-state index in [1.165, 1.54) is 0 Å². The van der Waals surface area contributed by atoms with Crippen LogP contribution in [0.5, 0.6) is 0 Å². The van der Waals surface area contributed by atoms with E-state index in [1.807, 2.05) is 44.2 Å². The summed E-state index contributed by atoms with van der Waals surface area (Å²) in [6, 6.07) is 16.4. The lowest BCUT2D eigenvalue weighted by Gasteiger charge is -2.10. The molecule has 0 saturated heterocycles. The number of nitrogens with zero attached hydrogens (tertiary/aromatic N) is 2. The molecule has 0 aliphatic heterocycles. The van der Waals surface area contributed by atoms with Gasteiger partial charge < -0.3 is 16.0 Å². The molecule has 0 fully saturated rings. The summed E-state index contributed by atoms with van der Waals surface area (Å²) >= 11 is 0. The Morgan fingerprint density at radius 2 is 1.68 bits per heavy atom. The van der Waals surface area contributed by atoms with Crippen LogP contribution in [0.2, 0.25) is 0 Å². The highest BCUT2D eigenvalue weighted by molar-refractivity contribution is 6.05. The van der Waals surface area contributed by atoms with Crippen LogP contribution in [-0.2, 0) is 6.42 Å². The number of amides is 3. The van der Waals surface area contributed by atoms with E-state index in [2.05, 4.69) is 21.0 Å². The molecule has 3 N–H and O–H groups in total. The van der Waals surface area contributed by atoms with E-state index in [9.17, 15) is 9.59 Å². The average Bonchev–Trinajstić information content (AvgIpc) is 3.13. The first kappa shape index (κ1) is 19.2. The van der Waals surface area contributed by atoms with Gasteiger partial charge in [-0.25, -0.2) is 9.48 Å². The molecule has 7 heteroatoms. The van der Waals surface area contributed by atoms with Gasteiger partial charge in [-0.1, -0.05) is 31.2 Å². The maximum Gasteiger partial charge on any atom is 0.319 e. The minimum absolute atomic E-state index is 0.241. The lowest BCUT2D eigenvalue weighted by molar-refractivity contribution is 0.102. The van der Waals surface area contributed by atoms with Gasteiger partial charge >= 0.3 is 6.03 Å². The molecule has 0 saturated carbocycles. The van der Waals surface area contributed by atoms with Gasteiger partial charge in [-0.05, 0) is 43.7 Å². The number of hydrogen-bond acceptors (Lipinski definition) is 3. The van der Waals surface area contributed by atoms with Crippen molar-refractivity contribution in [1.29, 1.82) is 0 Å². The van der Waals surface area contributed by atoms with Crippen molar-refractivity contribution >= 4 is 23.3 Å². The van der Waals surface area contributed by atoms with Gasteiger partial charge in [0.1, 0.15) is 0 Å². The van der Waals surface area contributed by atoms with E-state index in [0.717, 1.165) is 11.4 Å². The highest BCUT2D eigenvalue weighted by atomic mass is 16.2. The summed E-state index contributed by atoms with van der Waals surface area (Å²) in [6.45, 7) is 4.37. The molecule has 0 atom stereocenters. The Kier molecular flexibility index (Phi) is 6.06. The number of carbonyl (C=O) groups excluding carboxylic acids is 2. The standard InChI is InChI=1S/C21H23N5O2/c1-3-19-18(14-23-26(19)17-11-6-5-7-12-17)20(27)24-15-9-8-10-16(13-15)25-21(28)22-4-2/h5-14H,3-4H2,1-2H3,(H,24,27)(H2,22,25,28). The number of para-hydroxylation sites is 1. The van der Waals surface area contributed by atoms with Gasteiger partial charge in [-0.3, -0.25) is 4.79 Å². The normalized spacial score (nSPS) is 10.4. The molecule has 3 aromatic rings. The molecule has 3 amide bonds. The predicted octanol–water partition coefficient (Wildman–Crippen LogP) is 3.83. The quantitative estimate of drug-likeness (QED) is 0.610. The predicted molar refractivity (Wildman–Crippen MR) is 110 cm³/mol. The first-order valence-corrected chi connectivity index (χ1v) is 9.21. The van der Waals surface area contributed by atoms with Crippen molar-refractivity contribution in [2.45, 2.75) is 20.3 Å². The number of urea groups is 1. The average molecular weight is 377 g/mol. The smallest absolute Gasteiger partial charge is 0.319 e. The Morgan fingerprint density at radius 1 is 0.964 bits per heavy atom. The zero-order valence-electron chi connectivity index (χ0n) is 15.9. The number of anilines is 2. The molecule has 1 heterocycles. The summed E-state index contributed by atoms with van der Waals surface area (Å²) in [4.78, 5) is 24.5. The van der Waals surface area contributed by atoms with Crippen molar-refractivity contribution in [3.8, 4) is 5.69 Å². The Labute approximate surface area is 163 Å². The number of aromatic nitrogens is 2. The highest BCUT2D eigenvalue weighted by Gasteiger charge is 2.17. The zero-order chi connectivity index (χ0) is 19.9. The van der Waals surface area contributed by atoms with Crippen molar-refractivity contribution in [3.05, 3.63) is 72.1 Å². The van der Waals surface area contributed by atoms with Gasteiger partial charge in [0.25, 0.3) is 5.91 Å². The third-order valence-corrected chi connectivity index (χ3v) is 4.16. The van der Waals surface area contributed by atoms with E-state index >= 15 is 0 Å². The van der Waals surface area contributed by atoms with E-state index < -0.39 is 0 Å². The summed E-state index contributed by atoms with van der Waals surface area (Å²) in [6.07, 6.45) is 2.24. The van der Waals surface area contributed by atoms with Gasteiger partial charge in [0.2, 0.25) is 0 Å². The van der Waals surface area contributed by atoms with Gasteiger partial charge in [-0.2, -0.15) is 5.10 Å². The van der Waals surface area contributed by atoms with E-state index in [4.69, 9.17) is 0 Å². The summed E-state index contributed by atoms with van der Waals surface area (Å²) < 4.78 is 1.78. The fraction of sp³-hybridized carbons (Fsp3) is 0.190. The number of nitrogens with one attached hydrogen (secondary N) is 3. The molecule has 7 nitrogen and oxygen atoms in total. The topological polar surface area (TPSA) is 88.1 Å². The molecule has 28 heavy (non-hydrogen) atoms. The van der Waals surface area contributed by atoms with Crippen molar-refractivity contribution in [3.63, 3.8) is 0 Å². The van der Waals surface area contributed by atoms with Crippen LogP contribution in [0.4, 0.5) is 16.2 Å². The van der Waals surface area contributed by atoms with Crippen LogP contribution in [0.1, 0.15) is 29.9 Å². The Hall–Kier alpha value is -3.61. The lowest BCUT2D eigenvalue weighted by Crippen LogP contribution is -2.28. The number of hydrogen-bond donors (Lipinski definition) is 3. The molecule has 1 aromatic heterocycles. The van der Waals surface area contributed by atoms with Crippen molar-refractivity contribution in [2.75, 3.05) is 17.2 Å².